The normalized spacial score (nSPS) is 10.8. The third-order valence-electron chi connectivity index (χ3n) is 1.51. The molecule has 0 aromatic carbocycles. The molecule has 0 aliphatic heterocycles. The maximum Gasteiger partial charge on any atom is 0.490 e. The van der Waals surface area contributed by atoms with E-state index in [4.69, 9.17) is 15.6 Å². The highest BCUT2D eigenvalue weighted by Gasteiger charge is 2.38. The van der Waals surface area contributed by atoms with Gasteiger partial charge in [0, 0.05) is 0 Å². The van der Waals surface area contributed by atoms with Crippen LogP contribution in [0.2, 0.25) is 0 Å². The number of nitrogens with two attached hydrogens (primary N) is 1. The van der Waals surface area contributed by atoms with Crippen LogP contribution in [0.25, 0.3) is 10.2 Å². The molecule has 0 aliphatic rings. The maximum absolute atomic E-state index is 10.6. The predicted molar refractivity (Wildman–Crippen MR) is 55.5 cm³/mol. The molecule has 92 valence electrons. The molecule has 0 fully saturated rings. The zero-order valence-electron chi connectivity index (χ0n) is 8.10. The Bertz CT molecular complexity index is 526. The Balaban J connectivity index is 0.000000185. The number of halogens is 3. The van der Waals surface area contributed by atoms with Crippen molar-refractivity contribution in [3.05, 3.63) is 17.8 Å². The Morgan fingerprint density at radius 3 is 2.47 bits per heavy atom. The molecule has 3 N–H and O–H groups in total. The molecule has 2 aromatic heterocycles. The molecular formula is C8H6F3N3O2S. The molecule has 5 nitrogen and oxygen atoms in total. The molecule has 0 spiro atoms. The highest BCUT2D eigenvalue weighted by molar-refractivity contribution is 7.17. The summed E-state index contributed by atoms with van der Waals surface area (Å²) in [6.45, 7) is 0. The van der Waals surface area contributed by atoms with Gasteiger partial charge in [0.1, 0.15) is 12.1 Å². The van der Waals surface area contributed by atoms with Crippen LogP contribution in [0.3, 0.4) is 0 Å². The van der Waals surface area contributed by atoms with Gasteiger partial charge in [-0.3, -0.25) is 0 Å². The first-order valence-electron chi connectivity index (χ1n) is 4.06. The Labute approximate surface area is 96.7 Å². The van der Waals surface area contributed by atoms with Crippen molar-refractivity contribution in [1.29, 1.82) is 0 Å². The first kappa shape index (κ1) is 13.2. The van der Waals surface area contributed by atoms with Gasteiger partial charge < -0.3 is 10.8 Å². The fourth-order valence-electron chi connectivity index (χ4n) is 0.808. The monoisotopic (exact) mass is 265 g/mol. The molecule has 9 heteroatoms. The topological polar surface area (TPSA) is 89.1 Å². The minimum atomic E-state index is -5.08. The molecular weight excluding hydrogens is 259 g/mol. The first-order chi connectivity index (χ1) is 7.82. The average molecular weight is 265 g/mol. The van der Waals surface area contributed by atoms with Gasteiger partial charge in [0.15, 0.2) is 0 Å². The van der Waals surface area contributed by atoms with E-state index < -0.39 is 12.1 Å². The third-order valence-corrected chi connectivity index (χ3v) is 2.44. The van der Waals surface area contributed by atoms with E-state index >= 15 is 0 Å². The van der Waals surface area contributed by atoms with E-state index in [-0.39, 0.29) is 0 Å². The van der Waals surface area contributed by atoms with Gasteiger partial charge in [-0.2, -0.15) is 13.2 Å². The Hall–Kier alpha value is -1.90. The molecule has 0 aliphatic carbocycles. The Morgan fingerprint density at radius 2 is 2.00 bits per heavy atom. The van der Waals surface area contributed by atoms with Gasteiger partial charge in [0.25, 0.3) is 0 Å². The number of rotatable bonds is 0. The van der Waals surface area contributed by atoms with E-state index in [0.29, 0.717) is 5.82 Å². The van der Waals surface area contributed by atoms with E-state index in [9.17, 15) is 13.2 Å². The lowest BCUT2D eigenvalue weighted by Gasteiger charge is -1.93. The van der Waals surface area contributed by atoms with Gasteiger partial charge in [-0.15, -0.1) is 11.3 Å². The summed E-state index contributed by atoms with van der Waals surface area (Å²) < 4.78 is 32.7. The molecule has 0 saturated heterocycles. The third kappa shape index (κ3) is 3.55. The smallest absolute Gasteiger partial charge is 0.475 e. The Kier molecular flexibility index (Phi) is 3.84. The van der Waals surface area contributed by atoms with Crippen LogP contribution in [0.15, 0.2) is 17.8 Å². The van der Waals surface area contributed by atoms with E-state index in [2.05, 4.69) is 9.97 Å². The molecule has 17 heavy (non-hydrogen) atoms. The zero-order chi connectivity index (χ0) is 13.1. The van der Waals surface area contributed by atoms with Crippen LogP contribution in [-0.2, 0) is 4.79 Å². The number of hydrogen-bond acceptors (Lipinski definition) is 5. The largest absolute Gasteiger partial charge is 0.490 e. The highest BCUT2D eigenvalue weighted by atomic mass is 32.1. The van der Waals surface area contributed by atoms with Crippen LogP contribution in [0.4, 0.5) is 19.0 Å². The summed E-state index contributed by atoms with van der Waals surface area (Å²) in [4.78, 5) is 16.8. The van der Waals surface area contributed by atoms with Crippen molar-refractivity contribution in [3.8, 4) is 0 Å². The lowest BCUT2D eigenvalue weighted by molar-refractivity contribution is -0.192. The Morgan fingerprint density at radius 1 is 1.41 bits per heavy atom. The molecule has 0 amide bonds. The second-order valence-electron chi connectivity index (χ2n) is 2.70. The molecule has 0 atom stereocenters. The van der Waals surface area contributed by atoms with Crippen LogP contribution in [-0.4, -0.2) is 27.2 Å². The van der Waals surface area contributed by atoms with Crippen molar-refractivity contribution in [2.45, 2.75) is 6.18 Å². The number of anilines is 1. The van der Waals surface area contributed by atoms with Crippen molar-refractivity contribution >= 4 is 33.3 Å². The van der Waals surface area contributed by atoms with Crippen molar-refractivity contribution < 1.29 is 23.1 Å². The number of nitrogen functional groups attached to an aromatic ring is 1. The van der Waals surface area contributed by atoms with Crippen LogP contribution in [0.1, 0.15) is 0 Å². The molecule has 2 heterocycles. The number of aromatic nitrogens is 2. The van der Waals surface area contributed by atoms with Crippen molar-refractivity contribution in [2.24, 2.45) is 0 Å². The number of carboxylic acid groups (broad SMARTS) is 1. The van der Waals surface area contributed by atoms with Gasteiger partial charge in [-0.05, 0) is 11.4 Å². The van der Waals surface area contributed by atoms with E-state index in [0.717, 1.165) is 10.2 Å². The molecule has 0 radical (unpaired) electrons. The van der Waals surface area contributed by atoms with Crippen LogP contribution in [0, 0.1) is 0 Å². The van der Waals surface area contributed by atoms with Crippen LogP contribution >= 0.6 is 11.3 Å². The second kappa shape index (κ2) is 4.95. The number of carbonyl (C=O) groups is 1. The summed E-state index contributed by atoms with van der Waals surface area (Å²) in [6.07, 6.45) is -3.61. The molecule has 0 bridgehead atoms. The van der Waals surface area contributed by atoms with E-state index in [1.165, 1.54) is 6.33 Å². The summed E-state index contributed by atoms with van der Waals surface area (Å²) in [5, 5.41) is 9.08. The fraction of sp³-hybridized carbons (Fsp3) is 0.125. The van der Waals surface area contributed by atoms with E-state index in [1.54, 1.807) is 11.3 Å². The maximum atomic E-state index is 10.6. The number of hydrogen-bond donors (Lipinski definition) is 2. The summed E-state index contributed by atoms with van der Waals surface area (Å²) in [5.74, 6) is -2.19. The van der Waals surface area contributed by atoms with Gasteiger partial charge in [0.05, 0.1) is 10.2 Å². The van der Waals surface area contributed by atoms with Gasteiger partial charge in [0.2, 0.25) is 0 Å². The molecule has 0 saturated carbocycles. The number of carboxylic acids is 1. The SMILES string of the molecule is Nc1ncnc2ccsc12.O=C(O)C(F)(F)F. The number of fused-ring (bicyclic) bond motifs is 1. The molecule has 0 unspecified atom stereocenters. The van der Waals surface area contributed by atoms with Crippen molar-refractivity contribution in [3.63, 3.8) is 0 Å². The quantitative estimate of drug-likeness (QED) is 0.759. The fourth-order valence-corrected chi connectivity index (χ4v) is 1.56. The number of nitrogens with zero attached hydrogens (tertiary/aromatic N) is 2. The molecule has 2 rings (SSSR count). The minimum absolute atomic E-state index is 0.569. The van der Waals surface area contributed by atoms with Gasteiger partial charge in [-0.1, -0.05) is 0 Å². The van der Waals surface area contributed by atoms with E-state index in [1.807, 2.05) is 11.4 Å². The summed E-state index contributed by atoms with van der Waals surface area (Å²) in [6, 6.07) is 1.93. The average Bonchev–Trinajstić information content (AvgIpc) is 2.66. The second-order valence-corrected chi connectivity index (χ2v) is 3.61. The number of alkyl halides is 3. The number of aliphatic carboxylic acids is 1. The van der Waals surface area contributed by atoms with Crippen molar-refractivity contribution in [2.75, 3.05) is 5.73 Å². The lowest BCUT2D eigenvalue weighted by Crippen LogP contribution is -2.21. The standard InChI is InChI=1S/C6H5N3S.C2HF3O2/c7-6-5-4(1-2-10-5)8-3-9-6;3-2(4,5)1(6)7/h1-3H,(H2,7,8,9);(H,6,7). The summed E-state index contributed by atoms with van der Waals surface area (Å²) in [7, 11) is 0. The summed E-state index contributed by atoms with van der Waals surface area (Å²) >= 11 is 1.56. The predicted octanol–water partition coefficient (Wildman–Crippen LogP) is 1.91. The highest BCUT2D eigenvalue weighted by Crippen LogP contribution is 2.21. The molecule has 2 aromatic rings. The zero-order valence-corrected chi connectivity index (χ0v) is 8.92. The van der Waals surface area contributed by atoms with Crippen molar-refractivity contribution in [1.82, 2.24) is 9.97 Å². The first-order valence-corrected chi connectivity index (χ1v) is 4.94. The minimum Gasteiger partial charge on any atom is -0.475 e. The number of thiophene rings is 1. The van der Waals surface area contributed by atoms with Gasteiger partial charge in [-0.25, -0.2) is 14.8 Å². The summed E-state index contributed by atoms with van der Waals surface area (Å²) in [5.41, 5.74) is 6.49. The van der Waals surface area contributed by atoms with Gasteiger partial charge >= 0.3 is 12.1 Å². The lowest BCUT2D eigenvalue weighted by atomic mass is 10.4. The van der Waals surface area contributed by atoms with Crippen LogP contribution < -0.4 is 5.73 Å². The van der Waals surface area contributed by atoms with Crippen LogP contribution in [0.5, 0.6) is 0 Å².